The fourth-order valence-electron chi connectivity index (χ4n) is 2.04. The molecule has 0 bridgehead atoms. The molecule has 0 saturated carbocycles. The van der Waals surface area contributed by atoms with E-state index in [4.69, 9.17) is 4.74 Å². The number of amides is 1. The second-order valence-electron chi connectivity index (χ2n) is 4.79. The number of ether oxygens (including phenoxy) is 1. The van der Waals surface area contributed by atoms with Crippen LogP contribution in [0.1, 0.15) is 21.5 Å². The van der Waals surface area contributed by atoms with E-state index >= 15 is 0 Å². The monoisotopic (exact) mass is 269 g/mol. The molecular formula is C17H19NO2. The molecule has 0 fully saturated rings. The van der Waals surface area contributed by atoms with E-state index in [2.05, 4.69) is 11.4 Å². The molecule has 0 atom stereocenters. The number of aryl methyl sites for hydroxylation is 2. The van der Waals surface area contributed by atoms with Gasteiger partial charge in [-0.15, -0.1) is 0 Å². The summed E-state index contributed by atoms with van der Waals surface area (Å²) in [7, 11) is 0. The molecule has 0 unspecified atom stereocenters. The van der Waals surface area contributed by atoms with Crippen LogP contribution < -0.4 is 10.1 Å². The minimum Gasteiger partial charge on any atom is -0.492 e. The molecule has 2 aromatic carbocycles. The van der Waals surface area contributed by atoms with Gasteiger partial charge in [-0.2, -0.15) is 0 Å². The van der Waals surface area contributed by atoms with Crippen LogP contribution >= 0.6 is 0 Å². The molecule has 0 radical (unpaired) electrons. The van der Waals surface area contributed by atoms with E-state index in [0.717, 1.165) is 5.75 Å². The Labute approximate surface area is 119 Å². The van der Waals surface area contributed by atoms with Gasteiger partial charge in [0, 0.05) is 5.56 Å². The van der Waals surface area contributed by atoms with Gasteiger partial charge < -0.3 is 10.1 Å². The van der Waals surface area contributed by atoms with Crippen molar-refractivity contribution in [1.29, 1.82) is 0 Å². The first kappa shape index (κ1) is 14.1. The SMILES string of the molecule is Cc1cc(C)cc(OCCNC(=O)c2ccccc2)c1. The van der Waals surface area contributed by atoms with Crippen molar-refractivity contribution >= 4 is 5.91 Å². The lowest BCUT2D eigenvalue weighted by Gasteiger charge is -2.09. The minimum atomic E-state index is -0.0744. The molecule has 0 aliphatic heterocycles. The van der Waals surface area contributed by atoms with E-state index in [0.29, 0.717) is 18.7 Å². The van der Waals surface area contributed by atoms with Crippen LogP contribution in [-0.4, -0.2) is 19.1 Å². The summed E-state index contributed by atoms with van der Waals surface area (Å²) in [6, 6.07) is 15.3. The van der Waals surface area contributed by atoms with E-state index in [-0.39, 0.29) is 5.91 Å². The summed E-state index contributed by atoms with van der Waals surface area (Å²) in [6.45, 7) is 5.02. The molecule has 1 N–H and O–H groups in total. The second kappa shape index (κ2) is 6.75. The van der Waals surface area contributed by atoms with Gasteiger partial charge in [0.15, 0.2) is 0 Å². The van der Waals surface area contributed by atoms with Crippen LogP contribution in [0.5, 0.6) is 5.75 Å². The van der Waals surface area contributed by atoms with E-state index < -0.39 is 0 Å². The van der Waals surface area contributed by atoms with Crippen molar-refractivity contribution in [2.75, 3.05) is 13.2 Å². The van der Waals surface area contributed by atoms with E-state index in [9.17, 15) is 4.79 Å². The van der Waals surface area contributed by atoms with Gasteiger partial charge in [-0.25, -0.2) is 0 Å². The fraction of sp³-hybridized carbons (Fsp3) is 0.235. The summed E-state index contributed by atoms with van der Waals surface area (Å²) in [5.74, 6) is 0.770. The number of carbonyl (C=O) groups excluding carboxylic acids is 1. The number of benzene rings is 2. The molecule has 0 saturated heterocycles. The van der Waals surface area contributed by atoms with Crippen LogP contribution in [0.2, 0.25) is 0 Å². The van der Waals surface area contributed by atoms with Crippen molar-refractivity contribution in [3.05, 3.63) is 65.2 Å². The highest BCUT2D eigenvalue weighted by molar-refractivity contribution is 5.94. The number of hydrogen-bond donors (Lipinski definition) is 1. The number of carbonyl (C=O) groups is 1. The van der Waals surface area contributed by atoms with Gasteiger partial charge in [-0.05, 0) is 49.2 Å². The molecule has 0 spiro atoms. The molecule has 0 aliphatic carbocycles. The highest BCUT2D eigenvalue weighted by Gasteiger charge is 2.03. The van der Waals surface area contributed by atoms with Crippen molar-refractivity contribution in [3.8, 4) is 5.75 Å². The topological polar surface area (TPSA) is 38.3 Å². The zero-order chi connectivity index (χ0) is 14.4. The van der Waals surface area contributed by atoms with E-state index in [1.807, 2.05) is 44.2 Å². The number of hydrogen-bond acceptors (Lipinski definition) is 2. The van der Waals surface area contributed by atoms with E-state index in [1.165, 1.54) is 11.1 Å². The smallest absolute Gasteiger partial charge is 0.251 e. The van der Waals surface area contributed by atoms with Crippen molar-refractivity contribution in [2.24, 2.45) is 0 Å². The van der Waals surface area contributed by atoms with Crippen molar-refractivity contribution in [1.82, 2.24) is 5.32 Å². The molecule has 0 aromatic heterocycles. The van der Waals surface area contributed by atoms with Crippen LogP contribution in [0.3, 0.4) is 0 Å². The fourth-order valence-corrected chi connectivity index (χ4v) is 2.04. The molecule has 0 aliphatic rings. The van der Waals surface area contributed by atoms with Gasteiger partial charge in [0.1, 0.15) is 12.4 Å². The summed E-state index contributed by atoms with van der Waals surface area (Å²) in [4.78, 5) is 11.8. The van der Waals surface area contributed by atoms with Gasteiger partial charge in [0.2, 0.25) is 0 Å². The summed E-state index contributed by atoms with van der Waals surface area (Å²) in [5.41, 5.74) is 3.01. The predicted octanol–water partition coefficient (Wildman–Crippen LogP) is 3.11. The van der Waals surface area contributed by atoms with Crippen LogP contribution in [0.15, 0.2) is 48.5 Å². The summed E-state index contributed by atoms with van der Waals surface area (Å²) in [6.07, 6.45) is 0. The molecule has 20 heavy (non-hydrogen) atoms. The average Bonchev–Trinajstić information content (AvgIpc) is 2.43. The lowest BCUT2D eigenvalue weighted by atomic mass is 10.1. The molecule has 0 heterocycles. The van der Waals surface area contributed by atoms with Gasteiger partial charge in [0.05, 0.1) is 6.54 Å². The lowest BCUT2D eigenvalue weighted by molar-refractivity contribution is 0.0947. The predicted molar refractivity (Wildman–Crippen MR) is 80.2 cm³/mol. The molecule has 104 valence electrons. The molecular weight excluding hydrogens is 250 g/mol. The molecule has 2 aromatic rings. The van der Waals surface area contributed by atoms with Crippen LogP contribution in [0, 0.1) is 13.8 Å². The third-order valence-electron chi connectivity index (χ3n) is 2.89. The Bertz CT molecular complexity index is 559. The van der Waals surface area contributed by atoms with E-state index in [1.54, 1.807) is 12.1 Å². The minimum absolute atomic E-state index is 0.0744. The van der Waals surface area contributed by atoms with Crippen molar-refractivity contribution in [2.45, 2.75) is 13.8 Å². The standard InChI is InChI=1S/C17H19NO2/c1-13-10-14(2)12-16(11-13)20-9-8-18-17(19)15-6-4-3-5-7-15/h3-7,10-12H,8-9H2,1-2H3,(H,18,19). The molecule has 1 amide bonds. The average molecular weight is 269 g/mol. The Kier molecular flexibility index (Phi) is 4.77. The van der Waals surface area contributed by atoms with Crippen LogP contribution in [0.4, 0.5) is 0 Å². The van der Waals surface area contributed by atoms with Crippen molar-refractivity contribution in [3.63, 3.8) is 0 Å². The third-order valence-corrected chi connectivity index (χ3v) is 2.89. The number of rotatable bonds is 5. The summed E-state index contributed by atoms with van der Waals surface area (Å²) >= 11 is 0. The maximum Gasteiger partial charge on any atom is 0.251 e. The van der Waals surface area contributed by atoms with Crippen LogP contribution in [-0.2, 0) is 0 Å². The normalized spacial score (nSPS) is 10.1. The first-order valence-electron chi connectivity index (χ1n) is 6.69. The van der Waals surface area contributed by atoms with Gasteiger partial charge in [-0.1, -0.05) is 24.3 Å². The van der Waals surface area contributed by atoms with Gasteiger partial charge >= 0.3 is 0 Å². The maximum absolute atomic E-state index is 11.8. The first-order chi connectivity index (χ1) is 9.65. The van der Waals surface area contributed by atoms with Gasteiger partial charge in [0.25, 0.3) is 5.91 Å². The zero-order valence-electron chi connectivity index (χ0n) is 11.8. The lowest BCUT2D eigenvalue weighted by Crippen LogP contribution is -2.28. The highest BCUT2D eigenvalue weighted by atomic mass is 16.5. The quantitative estimate of drug-likeness (QED) is 0.847. The maximum atomic E-state index is 11.8. The zero-order valence-corrected chi connectivity index (χ0v) is 11.8. The largest absolute Gasteiger partial charge is 0.492 e. The Morgan fingerprint density at radius 2 is 1.70 bits per heavy atom. The highest BCUT2D eigenvalue weighted by Crippen LogP contribution is 2.15. The Morgan fingerprint density at radius 3 is 2.35 bits per heavy atom. The first-order valence-corrected chi connectivity index (χ1v) is 6.69. The Hall–Kier alpha value is -2.29. The van der Waals surface area contributed by atoms with Crippen molar-refractivity contribution < 1.29 is 9.53 Å². The Balaban J connectivity index is 1.78. The number of nitrogens with one attached hydrogen (secondary N) is 1. The van der Waals surface area contributed by atoms with Gasteiger partial charge in [-0.3, -0.25) is 4.79 Å². The summed E-state index contributed by atoms with van der Waals surface area (Å²) < 4.78 is 5.64. The molecule has 2 rings (SSSR count). The Morgan fingerprint density at radius 1 is 1.05 bits per heavy atom. The molecule has 3 nitrogen and oxygen atoms in total. The summed E-state index contributed by atoms with van der Waals surface area (Å²) in [5, 5.41) is 2.83. The molecule has 3 heteroatoms. The second-order valence-corrected chi connectivity index (χ2v) is 4.79. The third kappa shape index (κ3) is 4.12. The van der Waals surface area contributed by atoms with Crippen LogP contribution in [0.25, 0.3) is 0 Å².